The Labute approximate surface area is 161 Å². The van der Waals surface area contributed by atoms with Crippen LogP contribution in [-0.4, -0.2) is 32.6 Å². The lowest BCUT2D eigenvalue weighted by atomic mass is 10.1. The van der Waals surface area contributed by atoms with Crippen molar-refractivity contribution in [1.29, 1.82) is 0 Å². The van der Waals surface area contributed by atoms with Gasteiger partial charge in [0.25, 0.3) is 0 Å². The number of hydrogen-bond acceptors (Lipinski definition) is 4. The first-order valence-corrected chi connectivity index (χ1v) is 8.45. The highest BCUT2D eigenvalue weighted by Gasteiger charge is 2.14. The Morgan fingerprint density at radius 1 is 0.923 bits per heavy atom. The van der Waals surface area contributed by atoms with Gasteiger partial charge in [0.05, 0.1) is 24.3 Å². The van der Waals surface area contributed by atoms with E-state index in [2.05, 4.69) is 10.6 Å². The molecular weight excluding hydrogens is 379 g/mol. The van der Waals surface area contributed by atoms with Crippen molar-refractivity contribution >= 4 is 40.7 Å². The number of carbonyl (C=O) groups excluding carboxylic acids is 2. The van der Waals surface area contributed by atoms with E-state index in [0.29, 0.717) is 40.2 Å². The van der Waals surface area contributed by atoms with Crippen LogP contribution in [0.5, 0.6) is 11.5 Å². The Hall–Kier alpha value is -2.44. The van der Waals surface area contributed by atoms with E-state index < -0.39 is 11.8 Å². The van der Waals surface area contributed by atoms with E-state index in [4.69, 9.17) is 32.7 Å². The predicted octanol–water partition coefficient (Wildman–Crippen LogP) is 3.31. The molecule has 0 aromatic heterocycles. The number of amides is 2. The van der Waals surface area contributed by atoms with Crippen molar-refractivity contribution in [3.63, 3.8) is 0 Å². The Morgan fingerprint density at radius 3 is 2.31 bits per heavy atom. The Balaban J connectivity index is 1.86. The Morgan fingerprint density at radius 2 is 1.65 bits per heavy atom. The molecule has 0 spiro atoms. The maximum atomic E-state index is 11.9. The van der Waals surface area contributed by atoms with Crippen molar-refractivity contribution in [3.05, 3.63) is 52.0 Å². The monoisotopic (exact) mass is 396 g/mol. The SMILES string of the molecule is COc1ccc(CCNC(=O)C(=O)Nc2ccc(Cl)c(Cl)c2)cc1OC. The molecule has 2 aromatic rings. The molecule has 2 amide bonds. The normalized spacial score (nSPS) is 10.2. The number of anilines is 1. The molecule has 0 fully saturated rings. The van der Waals surface area contributed by atoms with Gasteiger partial charge in [0, 0.05) is 12.2 Å². The topological polar surface area (TPSA) is 76.7 Å². The molecule has 0 bridgehead atoms. The molecule has 26 heavy (non-hydrogen) atoms. The maximum absolute atomic E-state index is 11.9. The molecule has 0 radical (unpaired) electrons. The molecule has 0 aliphatic rings. The third-order valence-electron chi connectivity index (χ3n) is 3.53. The molecule has 0 heterocycles. The first-order chi connectivity index (χ1) is 12.4. The summed E-state index contributed by atoms with van der Waals surface area (Å²) in [7, 11) is 3.11. The van der Waals surface area contributed by atoms with Crippen LogP contribution < -0.4 is 20.1 Å². The standard InChI is InChI=1S/C18H18Cl2N2O4/c1-25-15-6-3-11(9-16(15)26-2)7-8-21-17(23)18(24)22-12-4-5-13(19)14(20)10-12/h3-6,9-10H,7-8H2,1-2H3,(H,21,23)(H,22,24). The number of hydrogen-bond donors (Lipinski definition) is 2. The summed E-state index contributed by atoms with van der Waals surface area (Å²) in [6.07, 6.45) is 0.534. The lowest BCUT2D eigenvalue weighted by Gasteiger charge is -2.10. The van der Waals surface area contributed by atoms with Crippen LogP contribution in [0.1, 0.15) is 5.56 Å². The fraction of sp³-hybridized carbons (Fsp3) is 0.222. The molecule has 0 aliphatic carbocycles. The predicted molar refractivity (Wildman–Crippen MR) is 101 cm³/mol. The first-order valence-electron chi connectivity index (χ1n) is 7.69. The Kier molecular flexibility index (Phi) is 7.12. The van der Waals surface area contributed by atoms with Crippen LogP contribution >= 0.6 is 23.2 Å². The van der Waals surface area contributed by atoms with Crippen LogP contribution in [-0.2, 0) is 16.0 Å². The molecule has 2 rings (SSSR count). The summed E-state index contributed by atoms with van der Waals surface area (Å²) >= 11 is 11.7. The zero-order valence-corrected chi connectivity index (χ0v) is 15.8. The van der Waals surface area contributed by atoms with E-state index in [0.717, 1.165) is 5.56 Å². The number of halogens is 2. The second-order valence-corrected chi connectivity index (χ2v) is 6.09. The summed E-state index contributed by atoms with van der Waals surface area (Å²) in [5, 5.41) is 5.68. The molecule has 6 nitrogen and oxygen atoms in total. The van der Waals surface area contributed by atoms with Crippen molar-refractivity contribution < 1.29 is 19.1 Å². The minimum absolute atomic E-state index is 0.290. The van der Waals surface area contributed by atoms with Crippen molar-refractivity contribution in [2.24, 2.45) is 0 Å². The summed E-state index contributed by atoms with van der Waals surface area (Å²) in [6, 6.07) is 10.0. The van der Waals surface area contributed by atoms with Crippen molar-refractivity contribution in [1.82, 2.24) is 5.32 Å². The Bertz CT molecular complexity index is 812. The third kappa shape index (κ3) is 5.28. The number of rotatable bonds is 6. The lowest BCUT2D eigenvalue weighted by molar-refractivity contribution is -0.136. The van der Waals surface area contributed by atoms with E-state index >= 15 is 0 Å². The highest BCUT2D eigenvalue weighted by atomic mass is 35.5. The molecule has 0 saturated carbocycles. The third-order valence-corrected chi connectivity index (χ3v) is 4.27. The molecule has 8 heteroatoms. The summed E-state index contributed by atoms with van der Waals surface area (Å²) < 4.78 is 10.4. The number of ether oxygens (including phenoxy) is 2. The molecule has 0 aliphatic heterocycles. The van der Waals surface area contributed by atoms with Gasteiger partial charge in [-0.2, -0.15) is 0 Å². The van der Waals surface area contributed by atoms with Gasteiger partial charge in [0.15, 0.2) is 11.5 Å². The zero-order chi connectivity index (χ0) is 19.1. The van der Waals surface area contributed by atoms with Crippen molar-refractivity contribution in [2.45, 2.75) is 6.42 Å². The second kappa shape index (κ2) is 9.31. The van der Waals surface area contributed by atoms with E-state index in [1.165, 1.54) is 12.1 Å². The van der Waals surface area contributed by atoms with Gasteiger partial charge in [0.1, 0.15) is 0 Å². The second-order valence-electron chi connectivity index (χ2n) is 5.28. The van der Waals surface area contributed by atoms with E-state index in [9.17, 15) is 9.59 Å². The number of benzene rings is 2. The minimum atomic E-state index is -0.782. The zero-order valence-electron chi connectivity index (χ0n) is 14.3. The van der Waals surface area contributed by atoms with Gasteiger partial charge in [-0.25, -0.2) is 0 Å². The summed E-state index contributed by atoms with van der Waals surface area (Å²) in [4.78, 5) is 23.8. The van der Waals surface area contributed by atoms with Crippen molar-refractivity contribution in [2.75, 3.05) is 26.1 Å². The minimum Gasteiger partial charge on any atom is -0.493 e. The molecule has 0 atom stereocenters. The molecule has 2 aromatic carbocycles. The summed E-state index contributed by atoms with van der Waals surface area (Å²) in [6.45, 7) is 0.295. The average Bonchev–Trinajstić information content (AvgIpc) is 2.64. The van der Waals surface area contributed by atoms with Crippen LogP contribution in [0, 0.1) is 0 Å². The van der Waals surface area contributed by atoms with Crippen LogP contribution in [0.15, 0.2) is 36.4 Å². The molecule has 0 saturated heterocycles. The van der Waals surface area contributed by atoms with E-state index in [-0.39, 0.29) is 0 Å². The van der Waals surface area contributed by atoms with Crippen molar-refractivity contribution in [3.8, 4) is 11.5 Å². The summed E-state index contributed by atoms with van der Waals surface area (Å²) in [5.41, 5.74) is 1.33. The van der Waals surface area contributed by atoms with E-state index in [1.54, 1.807) is 26.4 Å². The quantitative estimate of drug-likeness (QED) is 0.734. The highest BCUT2D eigenvalue weighted by Crippen LogP contribution is 2.27. The van der Waals surface area contributed by atoms with Crippen LogP contribution in [0.3, 0.4) is 0 Å². The first kappa shape index (κ1) is 19.9. The summed E-state index contributed by atoms with van der Waals surface area (Å²) in [5.74, 6) is -0.290. The number of carbonyl (C=O) groups is 2. The van der Waals surface area contributed by atoms with Crippen LogP contribution in [0.25, 0.3) is 0 Å². The molecule has 0 unspecified atom stereocenters. The number of methoxy groups -OCH3 is 2. The lowest BCUT2D eigenvalue weighted by Crippen LogP contribution is -2.36. The van der Waals surface area contributed by atoms with Gasteiger partial charge in [-0.05, 0) is 42.3 Å². The maximum Gasteiger partial charge on any atom is 0.313 e. The fourth-order valence-electron chi connectivity index (χ4n) is 2.20. The molecule has 138 valence electrons. The van der Waals surface area contributed by atoms with E-state index in [1.807, 2.05) is 12.1 Å². The van der Waals surface area contributed by atoms with Gasteiger partial charge in [-0.1, -0.05) is 29.3 Å². The highest BCUT2D eigenvalue weighted by molar-refractivity contribution is 6.42. The molecule has 2 N–H and O–H groups in total. The van der Waals surface area contributed by atoms with Gasteiger partial charge in [-0.15, -0.1) is 0 Å². The van der Waals surface area contributed by atoms with Gasteiger partial charge in [-0.3, -0.25) is 9.59 Å². The van der Waals surface area contributed by atoms with Gasteiger partial charge in [0.2, 0.25) is 0 Å². The van der Waals surface area contributed by atoms with Gasteiger partial charge < -0.3 is 20.1 Å². The molecular formula is C18H18Cl2N2O4. The van der Waals surface area contributed by atoms with Gasteiger partial charge >= 0.3 is 11.8 Å². The number of nitrogens with one attached hydrogen (secondary N) is 2. The van der Waals surface area contributed by atoms with Crippen LogP contribution in [0.2, 0.25) is 10.0 Å². The van der Waals surface area contributed by atoms with Crippen LogP contribution in [0.4, 0.5) is 5.69 Å². The largest absolute Gasteiger partial charge is 0.493 e. The average molecular weight is 397 g/mol. The fourth-order valence-corrected chi connectivity index (χ4v) is 2.50. The smallest absolute Gasteiger partial charge is 0.313 e.